The molecule has 0 spiro atoms. The van der Waals surface area contributed by atoms with Crippen molar-refractivity contribution >= 4 is 17.6 Å². The molecule has 0 aliphatic heterocycles. The highest BCUT2D eigenvalue weighted by molar-refractivity contribution is 5.96. The van der Waals surface area contributed by atoms with Gasteiger partial charge in [-0.05, 0) is 42.3 Å². The third-order valence-electron chi connectivity index (χ3n) is 3.06. The van der Waals surface area contributed by atoms with Gasteiger partial charge in [0, 0.05) is 5.69 Å². The molecule has 21 heavy (non-hydrogen) atoms. The summed E-state index contributed by atoms with van der Waals surface area (Å²) in [6.45, 7) is 1.68. The van der Waals surface area contributed by atoms with Crippen molar-refractivity contribution in [3.8, 4) is 0 Å². The largest absolute Gasteiger partial charge is 0.478 e. The minimum atomic E-state index is -1.07. The predicted octanol–water partition coefficient (Wildman–Crippen LogP) is 3.01. The fraction of sp³-hybridized carbons (Fsp3) is 0.125. The van der Waals surface area contributed by atoms with Crippen molar-refractivity contribution in [2.45, 2.75) is 13.3 Å². The molecule has 2 aromatic carbocycles. The molecule has 0 fully saturated rings. The lowest BCUT2D eigenvalue weighted by Gasteiger charge is -2.09. The first-order valence-electron chi connectivity index (χ1n) is 6.34. The maximum atomic E-state index is 13.0. The summed E-state index contributed by atoms with van der Waals surface area (Å²) >= 11 is 0. The maximum absolute atomic E-state index is 13.0. The fourth-order valence-corrected chi connectivity index (χ4v) is 2.02. The molecule has 0 radical (unpaired) electrons. The van der Waals surface area contributed by atoms with Gasteiger partial charge in [0.05, 0.1) is 12.0 Å². The number of carboxylic acid groups (broad SMARTS) is 1. The molecule has 0 saturated heterocycles. The molecule has 2 N–H and O–H groups in total. The second-order valence-electron chi connectivity index (χ2n) is 4.65. The van der Waals surface area contributed by atoms with Crippen LogP contribution < -0.4 is 5.32 Å². The molecule has 2 rings (SSSR count). The lowest BCUT2D eigenvalue weighted by Crippen LogP contribution is -2.17. The van der Waals surface area contributed by atoms with Crippen LogP contribution in [0.1, 0.15) is 21.5 Å². The summed E-state index contributed by atoms with van der Waals surface area (Å²) in [6, 6.07) is 10.4. The lowest BCUT2D eigenvalue weighted by molar-refractivity contribution is -0.115. The Balaban J connectivity index is 2.14. The van der Waals surface area contributed by atoms with Crippen molar-refractivity contribution < 1.29 is 19.1 Å². The zero-order valence-electron chi connectivity index (χ0n) is 11.4. The highest BCUT2D eigenvalue weighted by atomic mass is 19.1. The van der Waals surface area contributed by atoms with Gasteiger partial charge in [-0.3, -0.25) is 4.79 Å². The highest BCUT2D eigenvalue weighted by Crippen LogP contribution is 2.17. The zero-order chi connectivity index (χ0) is 15.4. The molecule has 2 aromatic rings. The van der Waals surface area contributed by atoms with Gasteiger partial charge in [-0.2, -0.15) is 0 Å². The monoisotopic (exact) mass is 287 g/mol. The number of hydrogen-bond donors (Lipinski definition) is 2. The number of carbonyl (C=O) groups excluding carboxylic acids is 1. The van der Waals surface area contributed by atoms with Gasteiger partial charge >= 0.3 is 5.97 Å². The van der Waals surface area contributed by atoms with Crippen LogP contribution in [0.3, 0.4) is 0 Å². The summed E-state index contributed by atoms with van der Waals surface area (Å²) in [7, 11) is 0. The van der Waals surface area contributed by atoms with Gasteiger partial charge in [-0.1, -0.05) is 18.2 Å². The Morgan fingerprint density at radius 2 is 1.90 bits per heavy atom. The number of carboxylic acids is 1. The van der Waals surface area contributed by atoms with Crippen LogP contribution in [0.25, 0.3) is 0 Å². The Labute approximate surface area is 121 Å². The third-order valence-corrected chi connectivity index (χ3v) is 3.06. The number of rotatable bonds is 4. The number of halogens is 1. The summed E-state index contributed by atoms with van der Waals surface area (Å²) in [4.78, 5) is 23.1. The first kappa shape index (κ1) is 14.7. The first-order valence-corrected chi connectivity index (χ1v) is 6.34. The van der Waals surface area contributed by atoms with E-state index in [2.05, 4.69) is 5.32 Å². The normalized spacial score (nSPS) is 10.2. The molecule has 1 amide bonds. The Morgan fingerprint density at radius 3 is 2.57 bits per heavy atom. The van der Waals surface area contributed by atoms with E-state index in [-0.39, 0.29) is 23.7 Å². The molecule has 0 bridgehead atoms. The SMILES string of the molecule is Cc1cc(F)ccc1NC(=O)Cc1ccccc1C(=O)O. The quantitative estimate of drug-likeness (QED) is 0.908. The molecule has 0 aromatic heterocycles. The highest BCUT2D eigenvalue weighted by Gasteiger charge is 2.13. The number of carbonyl (C=O) groups is 2. The van der Waals surface area contributed by atoms with Crippen LogP contribution in [0.4, 0.5) is 10.1 Å². The van der Waals surface area contributed by atoms with E-state index in [9.17, 15) is 14.0 Å². The molecule has 108 valence electrons. The molecule has 4 nitrogen and oxygen atoms in total. The summed E-state index contributed by atoms with van der Waals surface area (Å²) in [5, 5.41) is 11.7. The number of amides is 1. The van der Waals surface area contributed by atoms with E-state index >= 15 is 0 Å². The minimum absolute atomic E-state index is 0.0563. The Hall–Kier alpha value is -2.69. The number of aromatic carboxylic acids is 1. The van der Waals surface area contributed by atoms with E-state index in [1.54, 1.807) is 25.1 Å². The molecule has 0 heterocycles. The van der Waals surface area contributed by atoms with Gasteiger partial charge in [-0.15, -0.1) is 0 Å². The van der Waals surface area contributed by atoms with Crippen molar-refractivity contribution in [3.05, 3.63) is 65.0 Å². The third kappa shape index (κ3) is 3.66. The van der Waals surface area contributed by atoms with Gasteiger partial charge < -0.3 is 10.4 Å². The van der Waals surface area contributed by atoms with E-state index < -0.39 is 5.97 Å². The number of anilines is 1. The predicted molar refractivity (Wildman–Crippen MR) is 76.9 cm³/mol. The lowest BCUT2D eigenvalue weighted by atomic mass is 10.0. The topological polar surface area (TPSA) is 66.4 Å². The maximum Gasteiger partial charge on any atom is 0.335 e. The van der Waals surface area contributed by atoms with E-state index in [1.807, 2.05) is 0 Å². The average Bonchev–Trinajstić information content (AvgIpc) is 2.42. The minimum Gasteiger partial charge on any atom is -0.478 e. The molecule has 0 saturated carbocycles. The Bertz CT molecular complexity index is 698. The number of hydrogen-bond acceptors (Lipinski definition) is 2. The van der Waals surface area contributed by atoms with Crippen LogP contribution in [0, 0.1) is 12.7 Å². The average molecular weight is 287 g/mol. The van der Waals surface area contributed by atoms with E-state index in [0.29, 0.717) is 16.8 Å². The molecule has 0 aliphatic carbocycles. The molecule has 0 atom stereocenters. The van der Waals surface area contributed by atoms with Crippen LogP contribution in [-0.2, 0) is 11.2 Å². The second-order valence-corrected chi connectivity index (χ2v) is 4.65. The smallest absolute Gasteiger partial charge is 0.335 e. The number of benzene rings is 2. The summed E-state index contributed by atoms with van der Waals surface area (Å²) in [5.74, 6) is -1.79. The molecule has 0 unspecified atom stereocenters. The molecular formula is C16H14FNO3. The molecule has 5 heteroatoms. The van der Waals surface area contributed by atoms with Crippen molar-refractivity contribution in [3.63, 3.8) is 0 Å². The van der Waals surface area contributed by atoms with E-state index in [0.717, 1.165) is 0 Å². The van der Waals surface area contributed by atoms with Gasteiger partial charge in [-0.25, -0.2) is 9.18 Å². The van der Waals surface area contributed by atoms with Crippen molar-refractivity contribution in [1.82, 2.24) is 0 Å². The Morgan fingerprint density at radius 1 is 1.19 bits per heavy atom. The van der Waals surface area contributed by atoms with Crippen molar-refractivity contribution in [2.24, 2.45) is 0 Å². The van der Waals surface area contributed by atoms with Crippen LogP contribution in [-0.4, -0.2) is 17.0 Å². The van der Waals surface area contributed by atoms with Gasteiger partial charge in [0.15, 0.2) is 0 Å². The number of aryl methyl sites for hydroxylation is 1. The second kappa shape index (κ2) is 6.17. The van der Waals surface area contributed by atoms with Gasteiger partial charge in [0.1, 0.15) is 5.82 Å². The first-order chi connectivity index (χ1) is 9.97. The van der Waals surface area contributed by atoms with Gasteiger partial charge in [0.25, 0.3) is 0 Å². The molecular weight excluding hydrogens is 273 g/mol. The summed E-state index contributed by atoms with van der Waals surface area (Å²) < 4.78 is 13.0. The van der Waals surface area contributed by atoms with Crippen LogP contribution in [0.15, 0.2) is 42.5 Å². The summed E-state index contributed by atoms with van der Waals surface area (Å²) in [5.41, 5.74) is 1.65. The van der Waals surface area contributed by atoms with Crippen LogP contribution in [0.5, 0.6) is 0 Å². The fourth-order valence-electron chi connectivity index (χ4n) is 2.02. The van der Waals surface area contributed by atoms with E-state index in [1.165, 1.54) is 24.3 Å². The van der Waals surface area contributed by atoms with E-state index in [4.69, 9.17) is 5.11 Å². The van der Waals surface area contributed by atoms with Crippen LogP contribution in [0.2, 0.25) is 0 Å². The Kier molecular flexibility index (Phi) is 4.33. The van der Waals surface area contributed by atoms with Crippen molar-refractivity contribution in [2.75, 3.05) is 5.32 Å². The van der Waals surface area contributed by atoms with Gasteiger partial charge in [0.2, 0.25) is 5.91 Å². The van der Waals surface area contributed by atoms with Crippen molar-refractivity contribution in [1.29, 1.82) is 0 Å². The zero-order valence-corrected chi connectivity index (χ0v) is 11.4. The standard InChI is InChI=1S/C16H14FNO3/c1-10-8-12(17)6-7-14(10)18-15(19)9-11-4-2-3-5-13(11)16(20)21/h2-8H,9H2,1H3,(H,18,19)(H,20,21). The molecule has 0 aliphatic rings. The number of nitrogens with one attached hydrogen (secondary N) is 1. The van der Waals surface area contributed by atoms with Crippen LogP contribution >= 0.6 is 0 Å². The summed E-state index contributed by atoms with van der Waals surface area (Å²) in [6.07, 6.45) is -0.0563.